The maximum Gasteiger partial charge on any atom is 0.213 e. The number of rotatable bonds is 4. The number of halogens is 1. The number of phenolic OH excluding ortho intramolecular Hbond substituents is 1. The number of nitrogens with zero attached hydrogens (tertiary/aromatic N) is 4. The van der Waals surface area contributed by atoms with E-state index in [1.54, 1.807) is 43.8 Å². The summed E-state index contributed by atoms with van der Waals surface area (Å²) in [4.78, 5) is 8.43. The predicted octanol–water partition coefficient (Wildman–Crippen LogP) is 3.73. The average Bonchev–Trinajstić information content (AvgIpc) is 3.15. The number of pyridine rings is 1. The van der Waals surface area contributed by atoms with Crippen molar-refractivity contribution >= 4 is 6.08 Å². The fraction of sp³-hybridized carbons (Fsp3) is 0.250. The lowest BCUT2D eigenvalue weighted by atomic mass is 9.86. The maximum absolute atomic E-state index is 14.9. The van der Waals surface area contributed by atoms with Crippen molar-refractivity contribution in [1.82, 2.24) is 25.5 Å². The molecule has 2 aliphatic heterocycles. The van der Waals surface area contributed by atoms with Gasteiger partial charge in [0, 0.05) is 18.3 Å². The van der Waals surface area contributed by atoms with E-state index in [9.17, 15) is 9.50 Å². The molecule has 7 nitrogen and oxygen atoms in total. The second kappa shape index (κ2) is 7.80. The highest BCUT2D eigenvalue weighted by Crippen LogP contribution is 2.37. The number of hydrogen-bond donors (Lipinski definition) is 2. The summed E-state index contributed by atoms with van der Waals surface area (Å²) < 4.78 is 20.1. The molecule has 3 aromatic rings. The number of methoxy groups -OCH3 is 1. The van der Waals surface area contributed by atoms with Gasteiger partial charge >= 0.3 is 0 Å². The molecule has 0 aliphatic carbocycles. The molecule has 0 amide bonds. The van der Waals surface area contributed by atoms with E-state index in [0.29, 0.717) is 35.0 Å². The number of hydrogen-bond acceptors (Lipinski definition) is 7. The van der Waals surface area contributed by atoms with Crippen molar-refractivity contribution in [3.8, 4) is 34.1 Å². The van der Waals surface area contributed by atoms with Crippen LogP contribution in [-0.2, 0) is 0 Å². The van der Waals surface area contributed by atoms with Crippen LogP contribution in [0.5, 0.6) is 11.6 Å². The van der Waals surface area contributed by atoms with Crippen LogP contribution in [0.2, 0.25) is 0 Å². The van der Waals surface area contributed by atoms with E-state index in [0.717, 1.165) is 11.1 Å². The average molecular weight is 431 g/mol. The zero-order chi connectivity index (χ0) is 22.3. The molecule has 4 heterocycles. The van der Waals surface area contributed by atoms with Gasteiger partial charge in [0.2, 0.25) is 5.88 Å². The molecule has 2 bridgehead atoms. The summed E-state index contributed by atoms with van der Waals surface area (Å²) in [5, 5.41) is 22.2. The highest BCUT2D eigenvalue weighted by molar-refractivity contribution is 5.73. The lowest BCUT2D eigenvalue weighted by Gasteiger charge is -2.36. The summed E-state index contributed by atoms with van der Waals surface area (Å²) >= 11 is 0. The SMILES string of the molecule is COc1cc(-c2ccc(-c3ncc(/C=C4\CC5C=C[C@](C)(N5)[C@@H]4F)nn3)c(O)c2)ccn1. The van der Waals surface area contributed by atoms with Crippen molar-refractivity contribution < 1.29 is 14.2 Å². The summed E-state index contributed by atoms with van der Waals surface area (Å²) in [6.07, 6.45) is 8.25. The van der Waals surface area contributed by atoms with Crippen LogP contribution >= 0.6 is 0 Å². The Kier molecular flexibility index (Phi) is 4.94. The molecule has 0 radical (unpaired) electrons. The van der Waals surface area contributed by atoms with Crippen molar-refractivity contribution in [2.45, 2.75) is 31.1 Å². The van der Waals surface area contributed by atoms with Gasteiger partial charge in [0.15, 0.2) is 5.82 Å². The van der Waals surface area contributed by atoms with Gasteiger partial charge in [-0.05, 0) is 54.3 Å². The Morgan fingerprint density at radius 1 is 1.19 bits per heavy atom. The minimum Gasteiger partial charge on any atom is -0.507 e. The molecule has 1 aromatic carbocycles. The largest absolute Gasteiger partial charge is 0.507 e. The van der Waals surface area contributed by atoms with Crippen LogP contribution in [0.1, 0.15) is 19.0 Å². The number of fused-ring (bicyclic) bond motifs is 2. The highest BCUT2D eigenvalue weighted by Gasteiger charge is 2.44. The monoisotopic (exact) mass is 431 g/mol. The van der Waals surface area contributed by atoms with E-state index in [1.165, 1.54) is 0 Å². The molecule has 1 unspecified atom stereocenters. The molecule has 0 saturated carbocycles. The molecule has 32 heavy (non-hydrogen) atoms. The normalized spacial score (nSPS) is 25.3. The molecular weight excluding hydrogens is 409 g/mol. The molecule has 2 aliphatic rings. The molecule has 0 spiro atoms. The first-order valence-corrected chi connectivity index (χ1v) is 10.3. The second-order valence-electron chi connectivity index (χ2n) is 8.20. The number of benzene rings is 1. The number of ether oxygens (including phenoxy) is 1. The van der Waals surface area contributed by atoms with Crippen molar-refractivity contribution in [2.75, 3.05) is 7.11 Å². The zero-order valence-electron chi connectivity index (χ0n) is 17.7. The second-order valence-corrected chi connectivity index (χ2v) is 8.20. The first-order valence-electron chi connectivity index (χ1n) is 10.3. The van der Waals surface area contributed by atoms with E-state index in [2.05, 4.69) is 25.5 Å². The van der Waals surface area contributed by atoms with Gasteiger partial charge in [0.25, 0.3) is 0 Å². The fourth-order valence-corrected chi connectivity index (χ4v) is 4.23. The van der Waals surface area contributed by atoms with Gasteiger partial charge in [-0.15, -0.1) is 10.2 Å². The Hall–Kier alpha value is -3.65. The van der Waals surface area contributed by atoms with Crippen LogP contribution in [0.25, 0.3) is 28.6 Å². The molecule has 3 atom stereocenters. The fourth-order valence-electron chi connectivity index (χ4n) is 4.23. The van der Waals surface area contributed by atoms with Gasteiger partial charge < -0.3 is 9.84 Å². The first-order chi connectivity index (χ1) is 15.4. The van der Waals surface area contributed by atoms with Gasteiger partial charge in [-0.3, -0.25) is 5.32 Å². The molecule has 2 aromatic heterocycles. The zero-order valence-corrected chi connectivity index (χ0v) is 17.7. The van der Waals surface area contributed by atoms with E-state index >= 15 is 0 Å². The Balaban J connectivity index is 1.38. The number of nitrogens with one attached hydrogen (secondary N) is 1. The number of piperidine rings is 1. The van der Waals surface area contributed by atoms with Crippen LogP contribution in [-0.4, -0.2) is 50.1 Å². The van der Waals surface area contributed by atoms with Gasteiger partial charge in [-0.2, -0.15) is 0 Å². The van der Waals surface area contributed by atoms with Crippen molar-refractivity contribution in [1.29, 1.82) is 0 Å². The number of phenols is 1. The quantitative estimate of drug-likeness (QED) is 0.608. The van der Waals surface area contributed by atoms with Gasteiger partial charge in [-0.1, -0.05) is 18.2 Å². The Morgan fingerprint density at radius 3 is 2.78 bits per heavy atom. The highest BCUT2D eigenvalue weighted by atomic mass is 19.1. The van der Waals surface area contributed by atoms with E-state index in [-0.39, 0.29) is 11.8 Å². The van der Waals surface area contributed by atoms with E-state index < -0.39 is 11.7 Å². The van der Waals surface area contributed by atoms with Crippen LogP contribution in [0.3, 0.4) is 0 Å². The van der Waals surface area contributed by atoms with Gasteiger partial charge in [-0.25, -0.2) is 14.4 Å². The van der Waals surface area contributed by atoms with Crippen LogP contribution in [0.4, 0.5) is 4.39 Å². The minimum atomic E-state index is -1.14. The molecule has 162 valence electrons. The summed E-state index contributed by atoms with van der Waals surface area (Å²) in [7, 11) is 1.55. The Labute approximate surface area is 184 Å². The molecule has 8 heteroatoms. The predicted molar refractivity (Wildman–Crippen MR) is 119 cm³/mol. The first kappa shape index (κ1) is 20.3. The van der Waals surface area contributed by atoms with Crippen LogP contribution in [0.15, 0.2) is 60.5 Å². The lowest BCUT2D eigenvalue weighted by molar-refractivity contribution is 0.210. The topological polar surface area (TPSA) is 93.0 Å². The summed E-state index contributed by atoms with van der Waals surface area (Å²) in [5.41, 5.74) is 2.60. The molecular formula is C24H22FN5O2. The van der Waals surface area contributed by atoms with Crippen molar-refractivity contribution in [3.63, 3.8) is 0 Å². The van der Waals surface area contributed by atoms with Crippen LogP contribution in [0, 0.1) is 0 Å². The third kappa shape index (κ3) is 3.62. The summed E-state index contributed by atoms with van der Waals surface area (Å²) in [6.45, 7) is 1.85. The van der Waals surface area contributed by atoms with Crippen molar-refractivity contribution in [3.05, 3.63) is 66.1 Å². The summed E-state index contributed by atoms with van der Waals surface area (Å²) in [5.74, 6) is 0.814. The van der Waals surface area contributed by atoms with Crippen molar-refractivity contribution in [2.24, 2.45) is 0 Å². The molecule has 5 rings (SSSR count). The number of alkyl halides is 1. The molecule has 1 fully saturated rings. The number of aromatic hydroxyl groups is 1. The minimum absolute atomic E-state index is 0.0314. The Morgan fingerprint density at radius 2 is 2.03 bits per heavy atom. The van der Waals surface area contributed by atoms with Gasteiger partial charge in [0.1, 0.15) is 17.6 Å². The third-order valence-corrected chi connectivity index (χ3v) is 5.91. The standard InChI is InChI=1S/C24H22FN5O2/c1-24-7-5-17(28-24)9-16(22(24)25)10-18-13-27-23(30-29-18)19-4-3-14(11-20(19)31)15-6-8-26-21(12-15)32-2/h3-8,10-13,17,22,28,31H,9H2,1-2H3/b16-10+/t17?,22-,24+/m1/s1. The molecule has 2 N–H and O–H groups in total. The third-order valence-electron chi connectivity index (χ3n) is 5.91. The number of aromatic nitrogens is 4. The Bertz CT molecular complexity index is 1230. The van der Waals surface area contributed by atoms with Gasteiger partial charge in [0.05, 0.1) is 24.4 Å². The molecule has 1 saturated heterocycles. The summed E-state index contributed by atoms with van der Waals surface area (Å²) in [6, 6.07) is 8.98. The maximum atomic E-state index is 14.9. The van der Waals surface area contributed by atoms with E-state index in [1.807, 2.05) is 31.2 Å². The van der Waals surface area contributed by atoms with E-state index in [4.69, 9.17) is 4.74 Å². The van der Waals surface area contributed by atoms with Crippen LogP contribution < -0.4 is 10.1 Å². The lowest BCUT2D eigenvalue weighted by Crippen LogP contribution is -2.53. The smallest absolute Gasteiger partial charge is 0.213 e.